The molecule has 3 heteroatoms. The molecule has 1 rings (SSSR count). The molecule has 0 radical (unpaired) electrons. The number of hydrogen-bond donors (Lipinski definition) is 1. The van der Waals surface area contributed by atoms with E-state index in [1.807, 2.05) is 26.0 Å². The summed E-state index contributed by atoms with van der Waals surface area (Å²) in [5.41, 5.74) is 3.94. The van der Waals surface area contributed by atoms with Gasteiger partial charge in [0.05, 0.1) is 6.61 Å². The lowest BCUT2D eigenvalue weighted by Crippen LogP contribution is -2.15. The summed E-state index contributed by atoms with van der Waals surface area (Å²) in [7, 11) is 0. The molecule has 0 fully saturated rings. The van der Waals surface area contributed by atoms with Gasteiger partial charge in [-0.25, -0.2) is 0 Å². The van der Waals surface area contributed by atoms with E-state index in [9.17, 15) is 0 Å². The minimum absolute atomic E-state index is 0.699. The van der Waals surface area contributed by atoms with Crippen LogP contribution in [0.15, 0.2) is 35.4 Å². The molecule has 88 valence electrons. The van der Waals surface area contributed by atoms with Gasteiger partial charge in [-0.15, -0.1) is 0 Å². The van der Waals surface area contributed by atoms with Gasteiger partial charge in [0.2, 0.25) is 0 Å². The molecule has 0 unspecified atom stereocenters. The van der Waals surface area contributed by atoms with Crippen molar-refractivity contribution < 1.29 is 4.74 Å². The van der Waals surface area contributed by atoms with Gasteiger partial charge in [-0.2, -0.15) is 0 Å². The molecule has 0 aromatic heterocycles. The van der Waals surface area contributed by atoms with Crippen LogP contribution in [-0.2, 0) is 6.54 Å². The number of benzene rings is 1. The first-order chi connectivity index (χ1) is 7.76. The molecule has 1 aromatic rings. The standard InChI is InChI=1S/C13H18ClNO/c1-3-16-13-6-4-5-12(7-13)10-15-9-11(2)8-14/h4-8,15H,3,9-10H2,1-2H3/b11-8+. The molecule has 2 nitrogen and oxygen atoms in total. The first-order valence-electron chi connectivity index (χ1n) is 5.44. The van der Waals surface area contributed by atoms with E-state index in [4.69, 9.17) is 16.3 Å². The number of ether oxygens (including phenoxy) is 1. The van der Waals surface area contributed by atoms with E-state index >= 15 is 0 Å². The van der Waals surface area contributed by atoms with E-state index in [1.165, 1.54) is 5.56 Å². The molecule has 1 aromatic carbocycles. The van der Waals surface area contributed by atoms with Crippen LogP contribution in [0.2, 0.25) is 0 Å². The maximum Gasteiger partial charge on any atom is 0.119 e. The van der Waals surface area contributed by atoms with Crippen molar-refractivity contribution >= 4 is 11.6 Å². The fourth-order valence-corrected chi connectivity index (χ4v) is 1.43. The van der Waals surface area contributed by atoms with Gasteiger partial charge in [-0.3, -0.25) is 0 Å². The summed E-state index contributed by atoms with van der Waals surface area (Å²) in [4.78, 5) is 0. The van der Waals surface area contributed by atoms with Gasteiger partial charge >= 0.3 is 0 Å². The number of hydrogen-bond acceptors (Lipinski definition) is 2. The van der Waals surface area contributed by atoms with Crippen molar-refractivity contribution in [2.24, 2.45) is 0 Å². The van der Waals surface area contributed by atoms with Gasteiger partial charge in [0.15, 0.2) is 0 Å². The van der Waals surface area contributed by atoms with Gasteiger partial charge < -0.3 is 10.1 Å². The molecule has 0 saturated heterocycles. The second-order valence-corrected chi connectivity index (χ2v) is 3.86. The highest BCUT2D eigenvalue weighted by molar-refractivity contribution is 6.25. The van der Waals surface area contributed by atoms with Crippen LogP contribution in [0.25, 0.3) is 0 Å². The summed E-state index contributed by atoms with van der Waals surface area (Å²) in [6.07, 6.45) is 0. The van der Waals surface area contributed by atoms with Crippen molar-refractivity contribution in [3.8, 4) is 5.75 Å². The number of halogens is 1. The largest absolute Gasteiger partial charge is 0.494 e. The summed E-state index contributed by atoms with van der Waals surface area (Å²) in [6, 6.07) is 8.11. The molecule has 0 aliphatic heterocycles. The van der Waals surface area contributed by atoms with Crippen LogP contribution in [0.1, 0.15) is 19.4 Å². The van der Waals surface area contributed by atoms with E-state index < -0.39 is 0 Å². The first-order valence-corrected chi connectivity index (χ1v) is 5.88. The maximum atomic E-state index is 5.58. The Morgan fingerprint density at radius 1 is 1.50 bits per heavy atom. The van der Waals surface area contributed by atoms with E-state index in [0.29, 0.717) is 6.61 Å². The molecule has 0 atom stereocenters. The summed E-state index contributed by atoms with van der Waals surface area (Å²) in [6.45, 7) is 6.31. The second kappa shape index (κ2) is 7.31. The third-order valence-corrected chi connectivity index (χ3v) is 2.50. The third kappa shape index (κ3) is 4.69. The van der Waals surface area contributed by atoms with E-state index in [-0.39, 0.29) is 0 Å². The van der Waals surface area contributed by atoms with Gasteiger partial charge in [0.1, 0.15) is 5.75 Å². The van der Waals surface area contributed by atoms with E-state index in [1.54, 1.807) is 5.54 Å². The topological polar surface area (TPSA) is 21.3 Å². The summed E-state index contributed by atoms with van der Waals surface area (Å²) in [5, 5.41) is 3.31. The molecular weight excluding hydrogens is 222 g/mol. The highest BCUT2D eigenvalue weighted by Crippen LogP contribution is 2.12. The van der Waals surface area contributed by atoms with Gasteiger partial charge in [-0.05, 0) is 37.1 Å². The monoisotopic (exact) mass is 239 g/mol. The van der Waals surface area contributed by atoms with Crippen LogP contribution in [0.3, 0.4) is 0 Å². The predicted octanol–water partition coefficient (Wildman–Crippen LogP) is 3.32. The average Bonchev–Trinajstić information content (AvgIpc) is 2.30. The van der Waals surface area contributed by atoms with Crippen molar-refractivity contribution in [3.05, 3.63) is 40.9 Å². The zero-order chi connectivity index (χ0) is 11.8. The van der Waals surface area contributed by atoms with Crippen LogP contribution in [0.5, 0.6) is 5.75 Å². The summed E-state index contributed by atoms with van der Waals surface area (Å²) >= 11 is 5.58. The minimum Gasteiger partial charge on any atom is -0.494 e. The Balaban J connectivity index is 2.44. The maximum absolute atomic E-state index is 5.58. The van der Waals surface area contributed by atoms with Crippen LogP contribution in [0, 0.1) is 0 Å². The Morgan fingerprint density at radius 3 is 3.00 bits per heavy atom. The highest BCUT2D eigenvalue weighted by atomic mass is 35.5. The zero-order valence-electron chi connectivity index (χ0n) is 9.79. The first kappa shape index (κ1) is 13.1. The lowest BCUT2D eigenvalue weighted by atomic mass is 10.2. The van der Waals surface area contributed by atoms with E-state index in [0.717, 1.165) is 24.4 Å². The Kier molecular flexibility index (Phi) is 5.98. The minimum atomic E-state index is 0.699. The lowest BCUT2D eigenvalue weighted by Gasteiger charge is -2.07. The fourth-order valence-electron chi connectivity index (χ4n) is 1.35. The predicted molar refractivity (Wildman–Crippen MR) is 68.9 cm³/mol. The fraction of sp³-hybridized carbons (Fsp3) is 0.385. The third-order valence-electron chi connectivity index (χ3n) is 2.13. The van der Waals surface area contributed by atoms with Crippen molar-refractivity contribution in [3.63, 3.8) is 0 Å². The Bertz CT molecular complexity index is 350. The normalized spacial score (nSPS) is 11.6. The quantitative estimate of drug-likeness (QED) is 0.822. The molecule has 0 aliphatic rings. The van der Waals surface area contributed by atoms with Crippen LogP contribution >= 0.6 is 11.6 Å². The SMILES string of the molecule is CCOc1cccc(CNC/C(C)=C/Cl)c1. The number of rotatable bonds is 6. The molecule has 0 spiro atoms. The van der Waals surface area contributed by atoms with Gasteiger partial charge in [-0.1, -0.05) is 23.7 Å². The van der Waals surface area contributed by atoms with Gasteiger partial charge in [0, 0.05) is 18.6 Å². The van der Waals surface area contributed by atoms with Crippen LogP contribution in [-0.4, -0.2) is 13.2 Å². The van der Waals surface area contributed by atoms with Crippen molar-refractivity contribution in [2.45, 2.75) is 20.4 Å². The second-order valence-electron chi connectivity index (χ2n) is 3.64. The molecule has 0 heterocycles. The van der Waals surface area contributed by atoms with Crippen LogP contribution < -0.4 is 10.1 Å². The van der Waals surface area contributed by atoms with Gasteiger partial charge in [0.25, 0.3) is 0 Å². The molecule has 0 aliphatic carbocycles. The average molecular weight is 240 g/mol. The smallest absolute Gasteiger partial charge is 0.119 e. The lowest BCUT2D eigenvalue weighted by molar-refractivity contribution is 0.340. The Labute approximate surface area is 102 Å². The van der Waals surface area contributed by atoms with E-state index in [2.05, 4.69) is 17.4 Å². The number of nitrogens with one attached hydrogen (secondary N) is 1. The zero-order valence-corrected chi connectivity index (χ0v) is 10.6. The highest BCUT2D eigenvalue weighted by Gasteiger charge is 1.96. The molecule has 16 heavy (non-hydrogen) atoms. The Hall–Kier alpha value is -0.990. The molecule has 0 amide bonds. The van der Waals surface area contributed by atoms with Crippen molar-refractivity contribution in [1.82, 2.24) is 5.32 Å². The molecule has 1 N–H and O–H groups in total. The summed E-state index contributed by atoms with van der Waals surface area (Å²) < 4.78 is 5.43. The molecule has 0 saturated carbocycles. The van der Waals surface area contributed by atoms with Crippen LogP contribution in [0.4, 0.5) is 0 Å². The summed E-state index contributed by atoms with van der Waals surface area (Å²) in [5.74, 6) is 0.923. The van der Waals surface area contributed by atoms with Crippen molar-refractivity contribution in [1.29, 1.82) is 0 Å². The Morgan fingerprint density at radius 2 is 2.31 bits per heavy atom. The molecular formula is C13H18ClNO. The molecule has 0 bridgehead atoms. The van der Waals surface area contributed by atoms with Crippen molar-refractivity contribution in [2.75, 3.05) is 13.2 Å².